The normalized spacial score (nSPS) is 18.8. The summed E-state index contributed by atoms with van der Waals surface area (Å²) >= 11 is 0. The summed E-state index contributed by atoms with van der Waals surface area (Å²) < 4.78 is 7.08. The van der Waals surface area contributed by atoms with Crippen LogP contribution in [0.2, 0.25) is 0 Å². The van der Waals surface area contributed by atoms with E-state index in [1.54, 1.807) is 7.11 Å². The molecule has 4 rings (SSSR count). The van der Waals surface area contributed by atoms with E-state index in [-0.39, 0.29) is 18.0 Å². The number of rotatable bonds is 5. The Bertz CT molecular complexity index is 967. The van der Waals surface area contributed by atoms with Gasteiger partial charge in [0.2, 0.25) is 5.91 Å². The monoisotopic (exact) mass is 377 g/mol. The first kappa shape index (κ1) is 18.2. The zero-order chi connectivity index (χ0) is 19.5. The summed E-state index contributed by atoms with van der Waals surface area (Å²) in [6, 6.07) is 17.2. The van der Waals surface area contributed by atoms with Crippen LogP contribution in [-0.2, 0) is 4.79 Å². The molecule has 1 aromatic heterocycles. The van der Waals surface area contributed by atoms with Crippen molar-refractivity contribution in [3.63, 3.8) is 0 Å². The molecule has 0 bridgehead atoms. The van der Waals surface area contributed by atoms with E-state index in [4.69, 9.17) is 4.74 Å². The molecule has 3 N–H and O–H groups in total. The van der Waals surface area contributed by atoms with E-state index >= 15 is 0 Å². The SMILES string of the molecule is COc1cccc(C2CC(C(=O)Nc3ccc(-n4ccc(C)n4)cc3)NN2)c1. The van der Waals surface area contributed by atoms with Gasteiger partial charge in [0.15, 0.2) is 0 Å². The van der Waals surface area contributed by atoms with Crippen molar-refractivity contribution < 1.29 is 9.53 Å². The predicted molar refractivity (Wildman–Crippen MR) is 107 cm³/mol. The number of aryl methyl sites for hydroxylation is 1. The molecule has 1 amide bonds. The molecule has 0 aliphatic carbocycles. The third-order valence-electron chi connectivity index (χ3n) is 4.84. The van der Waals surface area contributed by atoms with Gasteiger partial charge in [-0.2, -0.15) is 5.10 Å². The van der Waals surface area contributed by atoms with Gasteiger partial charge in [-0.05, 0) is 61.4 Å². The Morgan fingerprint density at radius 2 is 2.00 bits per heavy atom. The molecule has 2 unspecified atom stereocenters. The molecule has 3 aromatic rings. The Kier molecular flexibility index (Phi) is 5.10. The fourth-order valence-corrected chi connectivity index (χ4v) is 3.29. The summed E-state index contributed by atoms with van der Waals surface area (Å²) in [4.78, 5) is 12.6. The smallest absolute Gasteiger partial charge is 0.242 e. The molecule has 7 nitrogen and oxygen atoms in total. The van der Waals surface area contributed by atoms with E-state index in [0.29, 0.717) is 6.42 Å². The van der Waals surface area contributed by atoms with Gasteiger partial charge in [0, 0.05) is 17.9 Å². The molecule has 2 aromatic carbocycles. The number of methoxy groups -OCH3 is 1. The lowest BCUT2D eigenvalue weighted by Crippen LogP contribution is -2.39. The molecule has 1 aliphatic rings. The molecule has 0 radical (unpaired) electrons. The maximum atomic E-state index is 12.6. The highest BCUT2D eigenvalue weighted by Gasteiger charge is 2.30. The summed E-state index contributed by atoms with van der Waals surface area (Å²) in [5, 5.41) is 7.35. The number of benzene rings is 2. The van der Waals surface area contributed by atoms with Crippen LogP contribution in [0.1, 0.15) is 23.7 Å². The number of anilines is 1. The molecule has 0 spiro atoms. The Hall–Kier alpha value is -3.16. The van der Waals surface area contributed by atoms with Crippen molar-refractivity contribution in [3.8, 4) is 11.4 Å². The Morgan fingerprint density at radius 3 is 2.71 bits per heavy atom. The van der Waals surface area contributed by atoms with Crippen molar-refractivity contribution in [3.05, 3.63) is 72.1 Å². The lowest BCUT2D eigenvalue weighted by atomic mass is 10.0. The van der Waals surface area contributed by atoms with Crippen molar-refractivity contribution in [2.45, 2.75) is 25.4 Å². The first-order valence-corrected chi connectivity index (χ1v) is 9.21. The summed E-state index contributed by atoms with van der Waals surface area (Å²) in [5.74, 6) is 0.736. The van der Waals surface area contributed by atoms with Crippen molar-refractivity contribution >= 4 is 11.6 Å². The minimum atomic E-state index is -0.315. The van der Waals surface area contributed by atoms with Crippen LogP contribution in [0.3, 0.4) is 0 Å². The van der Waals surface area contributed by atoms with Crippen LogP contribution < -0.4 is 20.9 Å². The standard InChI is InChI=1S/C21H23N5O2/c1-14-10-11-26(25-14)17-8-6-16(7-9-17)22-21(27)20-13-19(23-24-20)15-4-3-5-18(12-15)28-2/h3-12,19-20,23-24H,13H2,1-2H3,(H,22,27). The summed E-state index contributed by atoms with van der Waals surface area (Å²) in [6.45, 7) is 1.95. The van der Waals surface area contributed by atoms with Gasteiger partial charge in [-0.15, -0.1) is 0 Å². The zero-order valence-corrected chi connectivity index (χ0v) is 15.8. The molecule has 1 fully saturated rings. The number of carbonyl (C=O) groups excluding carboxylic acids is 1. The Morgan fingerprint density at radius 1 is 1.18 bits per heavy atom. The lowest BCUT2D eigenvalue weighted by Gasteiger charge is -2.12. The van der Waals surface area contributed by atoms with Crippen molar-refractivity contribution in [1.82, 2.24) is 20.6 Å². The van der Waals surface area contributed by atoms with Crippen LogP contribution in [-0.4, -0.2) is 28.8 Å². The average molecular weight is 377 g/mol. The third kappa shape index (κ3) is 3.90. The van der Waals surface area contributed by atoms with Gasteiger partial charge in [-0.25, -0.2) is 15.5 Å². The number of aromatic nitrogens is 2. The van der Waals surface area contributed by atoms with Gasteiger partial charge < -0.3 is 10.1 Å². The highest BCUT2D eigenvalue weighted by atomic mass is 16.5. The van der Waals surface area contributed by atoms with E-state index in [0.717, 1.165) is 28.4 Å². The molecule has 28 heavy (non-hydrogen) atoms. The lowest BCUT2D eigenvalue weighted by molar-refractivity contribution is -0.117. The summed E-state index contributed by atoms with van der Waals surface area (Å²) in [7, 11) is 1.65. The maximum absolute atomic E-state index is 12.6. The number of hydrazine groups is 1. The molecule has 0 saturated carbocycles. The molecule has 2 atom stereocenters. The van der Waals surface area contributed by atoms with Gasteiger partial charge in [0.25, 0.3) is 0 Å². The first-order valence-electron chi connectivity index (χ1n) is 9.21. The van der Waals surface area contributed by atoms with E-state index in [2.05, 4.69) is 21.3 Å². The van der Waals surface area contributed by atoms with Crippen molar-refractivity contribution in [2.24, 2.45) is 0 Å². The fourth-order valence-electron chi connectivity index (χ4n) is 3.29. The fraction of sp³-hybridized carbons (Fsp3) is 0.238. The number of hydrogen-bond acceptors (Lipinski definition) is 5. The van der Waals surface area contributed by atoms with Crippen LogP contribution >= 0.6 is 0 Å². The first-order chi connectivity index (χ1) is 13.6. The van der Waals surface area contributed by atoms with Gasteiger partial charge >= 0.3 is 0 Å². The Labute approximate surface area is 163 Å². The van der Waals surface area contributed by atoms with E-state index in [9.17, 15) is 4.79 Å². The van der Waals surface area contributed by atoms with Gasteiger partial charge in [0.05, 0.1) is 18.5 Å². The summed E-state index contributed by atoms with van der Waals surface area (Å²) in [5.41, 5.74) is 10.0. The number of carbonyl (C=O) groups is 1. The maximum Gasteiger partial charge on any atom is 0.242 e. The average Bonchev–Trinajstić information content (AvgIpc) is 3.38. The molecule has 1 aliphatic heterocycles. The van der Waals surface area contributed by atoms with Crippen LogP contribution in [0, 0.1) is 6.92 Å². The molecule has 7 heteroatoms. The van der Waals surface area contributed by atoms with E-state index in [1.807, 2.05) is 72.4 Å². The molecular formula is C21H23N5O2. The van der Waals surface area contributed by atoms with Gasteiger partial charge in [-0.1, -0.05) is 12.1 Å². The predicted octanol–water partition coefficient (Wildman–Crippen LogP) is 2.74. The quantitative estimate of drug-likeness (QED) is 0.637. The molecule has 1 saturated heterocycles. The zero-order valence-electron chi connectivity index (χ0n) is 15.8. The van der Waals surface area contributed by atoms with Crippen LogP contribution in [0.5, 0.6) is 5.75 Å². The van der Waals surface area contributed by atoms with Crippen molar-refractivity contribution in [1.29, 1.82) is 0 Å². The number of amides is 1. The topological polar surface area (TPSA) is 80.2 Å². The number of ether oxygens (including phenoxy) is 1. The molecule has 144 valence electrons. The highest BCUT2D eigenvalue weighted by molar-refractivity contribution is 5.95. The number of nitrogens with zero attached hydrogens (tertiary/aromatic N) is 2. The second-order valence-electron chi connectivity index (χ2n) is 6.84. The second kappa shape index (κ2) is 7.84. The third-order valence-corrected chi connectivity index (χ3v) is 4.84. The van der Waals surface area contributed by atoms with Crippen molar-refractivity contribution in [2.75, 3.05) is 12.4 Å². The minimum Gasteiger partial charge on any atom is -0.497 e. The van der Waals surface area contributed by atoms with Gasteiger partial charge in [-0.3, -0.25) is 4.79 Å². The van der Waals surface area contributed by atoms with Crippen LogP contribution in [0.25, 0.3) is 5.69 Å². The number of nitrogens with one attached hydrogen (secondary N) is 3. The largest absolute Gasteiger partial charge is 0.497 e. The minimum absolute atomic E-state index is 0.0521. The summed E-state index contributed by atoms with van der Waals surface area (Å²) in [6.07, 6.45) is 2.57. The molecule has 2 heterocycles. The van der Waals surface area contributed by atoms with E-state index in [1.165, 1.54) is 0 Å². The van der Waals surface area contributed by atoms with Gasteiger partial charge in [0.1, 0.15) is 11.8 Å². The Balaban J connectivity index is 1.37. The highest BCUT2D eigenvalue weighted by Crippen LogP contribution is 2.26. The van der Waals surface area contributed by atoms with Crippen LogP contribution in [0.15, 0.2) is 60.8 Å². The molecular weight excluding hydrogens is 354 g/mol. The van der Waals surface area contributed by atoms with E-state index < -0.39 is 0 Å². The van der Waals surface area contributed by atoms with Crippen LogP contribution in [0.4, 0.5) is 5.69 Å². The number of hydrogen-bond donors (Lipinski definition) is 3. The second-order valence-corrected chi connectivity index (χ2v) is 6.84.